The minimum atomic E-state index is 0.0664. The number of halogens is 2. The van der Waals surface area contributed by atoms with E-state index in [0.29, 0.717) is 22.1 Å². The van der Waals surface area contributed by atoms with Crippen LogP contribution in [0.2, 0.25) is 5.02 Å². The van der Waals surface area contributed by atoms with E-state index in [2.05, 4.69) is 15.9 Å². The Hall–Kier alpha value is -1.90. The first-order chi connectivity index (χ1) is 9.61. The number of phenols is 1. The first-order valence-electron chi connectivity index (χ1n) is 5.56. The van der Waals surface area contributed by atoms with Crippen LogP contribution in [0.4, 0.5) is 0 Å². The fraction of sp³-hybridized carbons (Fsp3) is 0.0714. The summed E-state index contributed by atoms with van der Waals surface area (Å²) in [6, 6.07) is 9.69. The van der Waals surface area contributed by atoms with Crippen LogP contribution in [-0.2, 0) is 6.61 Å². The van der Waals surface area contributed by atoms with Crippen molar-refractivity contribution < 1.29 is 14.6 Å². The zero-order valence-electron chi connectivity index (χ0n) is 10.1. The van der Waals surface area contributed by atoms with E-state index in [-0.39, 0.29) is 12.4 Å². The maximum atomic E-state index is 9.28. The lowest BCUT2D eigenvalue weighted by Crippen LogP contribution is -2.00. The topological polar surface area (TPSA) is 62.5 Å². The van der Waals surface area contributed by atoms with Gasteiger partial charge in [-0.3, -0.25) is 0 Å². The third-order valence-corrected chi connectivity index (χ3v) is 3.56. The number of hydrogen-bond donors (Lipinski definition) is 1. The molecule has 0 saturated heterocycles. The molecule has 20 heavy (non-hydrogen) atoms. The van der Waals surface area contributed by atoms with E-state index in [0.717, 1.165) is 4.47 Å². The minimum absolute atomic E-state index is 0.0664. The van der Waals surface area contributed by atoms with E-state index >= 15 is 0 Å². The molecule has 102 valence electrons. The Morgan fingerprint density at radius 1 is 1.25 bits per heavy atom. The molecule has 0 radical (unpaired) electrons. The van der Waals surface area contributed by atoms with Crippen LogP contribution in [0.5, 0.6) is 17.2 Å². The van der Waals surface area contributed by atoms with Crippen LogP contribution in [0.3, 0.4) is 0 Å². The molecule has 0 aliphatic carbocycles. The molecule has 2 rings (SSSR count). The van der Waals surface area contributed by atoms with Crippen molar-refractivity contribution >= 4 is 27.5 Å². The van der Waals surface area contributed by atoms with Gasteiger partial charge in [0.15, 0.2) is 0 Å². The second kappa shape index (κ2) is 6.51. The normalized spacial score (nSPS) is 9.85. The van der Waals surface area contributed by atoms with Crippen molar-refractivity contribution in [2.45, 2.75) is 6.61 Å². The SMILES string of the molecule is N#COc1cccc(Br)c1COc1ccc(O)cc1Cl. The highest BCUT2D eigenvalue weighted by Crippen LogP contribution is 2.32. The van der Waals surface area contributed by atoms with Gasteiger partial charge in [0.1, 0.15) is 23.9 Å². The quantitative estimate of drug-likeness (QED) is 0.834. The molecule has 0 aromatic heterocycles. The molecule has 0 amide bonds. The summed E-state index contributed by atoms with van der Waals surface area (Å²) in [6.07, 6.45) is 1.63. The van der Waals surface area contributed by atoms with Crippen molar-refractivity contribution in [3.8, 4) is 23.5 Å². The average molecular weight is 355 g/mol. The van der Waals surface area contributed by atoms with Crippen LogP contribution in [0, 0.1) is 11.5 Å². The average Bonchev–Trinajstić information content (AvgIpc) is 2.40. The Bertz CT molecular complexity index is 670. The summed E-state index contributed by atoms with van der Waals surface area (Å²) >= 11 is 9.33. The van der Waals surface area contributed by atoms with Gasteiger partial charge in [0.25, 0.3) is 6.26 Å². The van der Waals surface area contributed by atoms with Crippen molar-refractivity contribution in [1.82, 2.24) is 0 Å². The fourth-order valence-electron chi connectivity index (χ4n) is 1.58. The fourth-order valence-corrected chi connectivity index (χ4v) is 2.27. The first kappa shape index (κ1) is 14.5. The highest BCUT2D eigenvalue weighted by molar-refractivity contribution is 9.10. The molecular weight excluding hydrogens is 346 g/mol. The smallest absolute Gasteiger partial charge is 0.292 e. The summed E-state index contributed by atoms with van der Waals surface area (Å²) in [5.74, 6) is 0.914. The highest BCUT2D eigenvalue weighted by Gasteiger charge is 2.10. The van der Waals surface area contributed by atoms with Gasteiger partial charge in [0, 0.05) is 16.1 Å². The number of rotatable bonds is 4. The van der Waals surface area contributed by atoms with E-state index < -0.39 is 0 Å². The molecule has 0 saturated carbocycles. The number of hydrogen-bond acceptors (Lipinski definition) is 4. The highest BCUT2D eigenvalue weighted by atomic mass is 79.9. The molecule has 0 fully saturated rings. The van der Waals surface area contributed by atoms with Crippen molar-refractivity contribution in [2.75, 3.05) is 0 Å². The molecular formula is C14H9BrClNO3. The summed E-state index contributed by atoms with van der Waals surface area (Å²) in [7, 11) is 0. The third-order valence-electron chi connectivity index (χ3n) is 2.52. The summed E-state index contributed by atoms with van der Waals surface area (Å²) in [5.41, 5.74) is 0.693. The van der Waals surface area contributed by atoms with Gasteiger partial charge >= 0.3 is 0 Å². The molecule has 6 heteroatoms. The standard InChI is InChI=1S/C14H9BrClNO3/c15-11-2-1-3-13(20-8-17)10(11)7-19-14-5-4-9(18)6-12(14)16/h1-6,18H,7H2. The van der Waals surface area contributed by atoms with E-state index in [9.17, 15) is 5.11 Å². The predicted molar refractivity (Wildman–Crippen MR) is 77.8 cm³/mol. The van der Waals surface area contributed by atoms with E-state index in [1.165, 1.54) is 12.1 Å². The molecule has 4 nitrogen and oxygen atoms in total. The van der Waals surface area contributed by atoms with Gasteiger partial charge in [0.05, 0.1) is 5.02 Å². The van der Waals surface area contributed by atoms with E-state index in [4.69, 9.17) is 26.3 Å². The lowest BCUT2D eigenvalue weighted by molar-refractivity contribution is 0.300. The van der Waals surface area contributed by atoms with Crippen molar-refractivity contribution in [3.05, 3.63) is 51.5 Å². The van der Waals surface area contributed by atoms with Crippen LogP contribution >= 0.6 is 27.5 Å². The van der Waals surface area contributed by atoms with E-state index in [1.54, 1.807) is 24.5 Å². The Morgan fingerprint density at radius 2 is 2.05 bits per heavy atom. The molecule has 0 atom stereocenters. The van der Waals surface area contributed by atoms with Crippen molar-refractivity contribution in [1.29, 1.82) is 5.26 Å². The van der Waals surface area contributed by atoms with Crippen LogP contribution in [0.25, 0.3) is 0 Å². The Morgan fingerprint density at radius 3 is 2.75 bits per heavy atom. The molecule has 0 aliphatic heterocycles. The van der Waals surface area contributed by atoms with Gasteiger partial charge in [0.2, 0.25) is 0 Å². The largest absolute Gasteiger partial charge is 0.508 e. The Balaban J connectivity index is 2.20. The van der Waals surface area contributed by atoms with E-state index in [1.807, 2.05) is 6.07 Å². The maximum absolute atomic E-state index is 9.28. The molecule has 2 aromatic rings. The molecule has 1 N–H and O–H groups in total. The monoisotopic (exact) mass is 353 g/mol. The zero-order valence-corrected chi connectivity index (χ0v) is 12.5. The number of aromatic hydroxyl groups is 1. The van der Waals surface area contributed by atoms with Crippen LogP contribution in [0.1, 0.15) is 5.56 Å². The van der Waals surface area contributed by atoms with Gasteiger partial charge in [-0.15, -0.1) is 5.26 Å². The summed E-state index contributed by atoms with van der Waals surface area (Å²) in [5, 5.41) is 18.2. The number of nitriles is 1. The van der Waals surface area contributed by atoms with Crippen LogP contribution in [0.15, 0.2) is 40.9 Å². The first-order valence-corrected chi connectivity index (χ1v) is 6.73. The molecule has 2 aromatic carbocycles. The second-order valence-electron chi connectivity index (χ2n) is 3.81. The number of ether oxygens (including phenoxy) is 2. The third kappa shape index (κ3) is 3.35. The Kier molecular flexibility index (Phi) is 4.72. The number of nitrogens with zero attached hydrogens (tertiary/aromatic N) is 1. The molecule has 0 heterocycles. The van der Waals surface area contributed by atoms with Crippen LogP contribution < -0.4 is 9.47 Å². The second-order valence-corrected chi connectivity index (χ2v) is 5.07. The number of phenolic OH excluding ortho intramolecular Hbond substituents is 1. The minimum Gasteiger partial charge on any atom is -0.508 e. The molecule has 0 spiro atoms. The summed E-state index contributed by atoms with van der Waals surface area (Å²) < 4.78 is 11.2. The number of benzene rings is 2. The van der Waals surface area contributed by atoms with Crippen molar-refractivity contribution in [3.63, 3.8) is 0 Å². The zero-order chi connectivity index (χ0) is 14.5. The molecule has 0 aliphatic rings. The Labute approximate surface area is 129 Å². The van der Waals surface area contributed by atoms with Gasteiger partial charge in [-0.05, 0) is 24.3 Å². The van der Waals surface area contributed by atoms with Gasteiger partial charge < -0.3 is 14.6 Å². The molecule has 0 unspecified atom stereocenters. The van der Waals surface area contributed by atoms with Crippen molar-refractivity contribution in [2.24, 2.45) is 0 Å². The van der Waals surface area contributed by atoms with Crippen LogP contribution in [-0.4, -0.2) is 5.11 Å². The lowest BCUT2D eigenvalue weighted by atomic mass is 10.2. The van der Waals surface area contributed by atoms with Gasteiger partial charge in [-0.2, -0.15) is 0 Å². The predicted octanol–water partition coefficient (Wildman–Crippen LogP) is 4.25. The molecule has 0 bridgehead atoms. The lowest BCUT2D eigenvalue weighted by Gasteiger charge is -2.11. The summed E-state index contributed by atoms with van der Waals surface area (Å²) in [4.78, 5) is 0. The van der Waals surface area contributed by atoms with Gasteiger partial charge in [-0.25, -0.2) is 0 Å². The summed E-state index contributed by atoms with van der Waals surface area (Å²) in [6.45, 7) is 0.170. The van der Waals surface area contributed by atoms with Gasteiger partial charge in [-0.1, -0.05) is 33.6 Å². The maximum Gasteiger partial charge on any atom is 0.292 e.